The number of hydrogen-bond acceptors (Lipinski definition) is 1. The van der Waals surface area contributed by atoms with E-state index < -0.39 is 0 Å². The second kappa shape index (κ2) is 9.38. The molecule has 1 N–H and O–H groups in total. The Morgan fingerprint density at radius 3 is 2.41 bits per heavy atom. The number of fused-ring (bicyclic) bond motifs is 1. The largest absolute Gasteiger partial charge is 0.393 e. The van der Waals surface area contributed by atoms with Crippen molar-refractivity contribution in [3.8, 4) is 0 Å². The fraction of sp³-hybridized carbons (Fsp3) is 0.714. The van der Waals surface area contributed by atoms with Crippen molar-refractivity contribution in [2.24, 2.45) is 29.1 Å². The maximum Gasteiger partial charge on any atom is 0.0583 e. The molecule has 0 amide bonds. The van der Waals surface area contributed by atoms with Gasteiger partial charge in [-0.3, -0.25) is 0 Å². The molecule has 0 aromatic carbocycles. The molecular formula is C28H44O. The van der Waals surface area contributed by atoms with Crippen LogP contribution in [-0.4, -0.2) is 11.2 Å². The lowest BCUT2D eigenvalue weighted by atomic mass is 9.65. The van der Waals surface area contributed by atoms with Crippen molar-refractivity contribution in [1.82, 2.24) is 0 Å². The van der Waals surface area contributed by atoms with Crippen LogP contribution < -0.4 is 0 Å². The molecule has 0 spiro atoms. The van der Waals surface area contributed by atoms with Gasteiger partial charge < -0.3 is 5.11 Å². The highest BCUT2D eigenvalue weighted by atomic mass is 16.3. The highest BCUT2D eigenvalue weighted by molar-refractivity contribution is 5.40. The molecular weight excluding hydrogens is 352 g/mol. The zero-order chi connectivity index (χ0) is 21.2. The van der Waals surface area contributed by atoms with Gasteiger partial charge in [0.15, 0.2) is 0 Å². The van der Waals surface area contributed by atoms with Crippen LogP contribution in [0.1, 0.15) is 92.9 Å². The first-order valence-electron chi connectivity index (χ1n) is 12.2. The predicted octanol–water partition coefficient (Wildman–Crippen LogP) is 7.79. The zero-order valence-corrected chi connectivity index (χ0v) is 19.8. The second-order valence-electron chi connectivity index (χ2n) is 10.8. The molecule has 0 aromatic heterocycles. The van der Waals surface area contributed by atoms with Gasteiger partial charge in [0, 0.05) is 0 Å². The molecule has 0 radical (unpaired) electrons. The molecule has 29 heavy (non-hydrogen) atoms. The van der Waals surface area contributed by atoms with Gasteiger partial charge in [-0.05, 0) is 98.5 Å². The van der Waals surface area contributed by atoms with E-state index in [2.05, 4.69) is 65.8 Å². The molecule has 0 aliphatic heterocycles. The predicted molar refractivity (Wildman–Crippen MR) is 126 cm³/mol. The Morgan fingerprint density at radius 1 is 0.966 bits per heavy atom. The molecule has 3 rings (SSSR count). The van der Waals surface area contributed by atoms with Gasteiger partial charge in [-0.2, -0.15) is 0 Å². The van der Waals surface area contributed by atoms with E-state index in [1.165, 1.54) is 43.3 Å². The molecule has 1 nitrogen and oxygen atoms in total. The lowest BCUT2D eigenvalue weighted by Gasteiger charge is -2.40. The Labute approximate surface area is 180 Å². The minimum absolute atomic E-state index is 0.149. The summed E-state index contributed by atoms with van der Waals surface area (Å²) in [6, 6.07) is 0. The van der Waals surface area contributed by atoms with Gasteiger partial charge in [-0.15, -0.1) is 0 Å². The third kappa shape index (κ3) is 4.98. The van der Waals surface area contributed by atoms with Gasteiger partial charge in [0.25, 0.3) is 0 Å². The van der Waals surface area contributed by atoms with Crippen molar-refractivity contribution in [2.45, 2.75) is 99.0 Å². The quantitative estimate of drug-likeness (QED) is 0.454. The molecule has 5 atom stereocenters. The second-order valence-corrected chi connectivity index (χ2v) is 10.8. The number of rotatable bonds is 6. The molecule has 0 heterocycles. The average molecular weight is 397 g/mol. The van der Waals surface area contributed by atoms with Crippen molar-refractivity contribution in [1.29, 1.82) is 0 Å². The van der Waals surface area contributed by atoms with E-state index in [-0.39, 0.29) is 6.10 Å². The Hall–Kier alpha value is -1.08. The lowest BCUT2D eigenvalue weighted by molar-refractivity contribution is 0.159. The van der Waals surface area contributed by atoms with Gasteiger partial charge in [0.05, 0.1) is 6.10 Å². The van der Waals surface area contributed by atoms with Gasteiger partial charge in [-0.1, -0.05) is 70.1 Å². The normalized spacial score (nSPS) is 33.2. The third-order valence-electron chi connectivity index (χ3n) is 8.49. The van der Waals surface area contributed by atoms with Crippen LogP contribution in [0.25, 0.3) is 0 Å². The van der Waals surface area contributed by atoms with E-state index in [1.54, 1.807) is 11.1 Å². The molecule has 162 valence electrons. The summed E-state index contributed by atoms with van der Waals surface area (Å²) in [5.41, 5.74) is 6.57. The van der Waals surface area contributed by atoms with Gasteiger partial charge in [0.2, 0.25) is 0 Å². The first kappa shape index (κ1) is 22.6. The molecule has 3 aliphatic rings. The maximum atomic E-state index is 10.1. The van der Waals surface area contributed by atoms with Crippen LogP contribution >= 0.6 is 0 Å². The minimum Gasteiger partial charge on any atom is -0.393 e. The van der Waals surface area contributed by atoms with E-state index in [4.69, 9.17) is 0 Å². The van der Waals surface area contributed by atoms with E-state index in [0.29, 0.717) is 17.3 Å². The van der Waals surface area contributed by atoms with Crippen LogP contribution in [0.4, 0.5) is 0 Å². The first-order valence-corrected chi connectivity index (χ1v) is 12.2. The highest BCUT2D eigenvalue weighted by Crippen LogP contribution is 2.57. The minimum atomic E-state index is -0.149. The van der Waals surface area contributed by atoms with Gasteiger partial charge >= 0.3 is 0 Å². The maximum absolute atomic E-state index is 10.1. The van der Waals surface area contributed by atoms with E-state index >= 15 is 0 Å². The Morgan fingerprint density at radius 2 is 1.69 bits per heavy atom. The monoisotopic (exact) mass is 396 g/mol. The first-order chi connectivity index (χ1) is 13.7. The number of aliphatic hydroxyl groups excluding tert-OH is 1. The fourth-order valence-electron chi connectivity index (χ4n) is 6.01. The number of hydrogen-bond donors (Lipinski definition) is 1. The summed E-state index contributed by atoms with van der Waals surface area (Å²) in [5.74, 6) is 2.80. The Kier molecular flexibility index (Phi) is 7.31. The molecule has 3 aliphatic carbocycles. The summed E-state index contributed by atoms with van der Waals surface area (Å²) in [6.07, 6.45) is 18.9. The van der Waals surface area contributed by atoms with Crippen LogP contribution in [-0.2, 0) is 0 Å². The van der Waals surface area contributed by atoms with Crippen LogP contribution in [0.2, 0.25) is 0 Å². The SMILES string of the molecule is CC1=C(C=CC2=C3CCC(C(C)C=CC(C)C(C)C)[C@@]3(C)CCC2)CC(O)CC1. The average Bonchev–Trinajstić information content (AvgIpc) is 3.04. The molecule has 4 unspecified atom stereocenters. The molecule has 0 bridgehead atoms. The Bertz CT molecular complexity index is 704. The van der Waals surface area contributed by atoms with E-state index in [1.807, 2.05) is 0 Å². The summed E-state index contributed by atoms with van der Waals surface area (Å²) in [7, 11) is 0. The lowest BCUT2D eigenvalue weighted by Crippen LogP contribution is -2.30. The Balaban J connectivity index is 1.79. The van der Waals surface area contributed by atoms with E-state index in [0.717, 1.165) is 31.1 Å². The third-order valence-corrected chi connectivity index (χ3v) is 8.49. The summed E-state index contributed by atoms with van der Waals surface area (Å²) in [6.45, 7) is 14.2. The van der Waals surface area contributed by atoms with E-state index in [9.17, 15) is 5.11 Å². The van der Waals surface area contributed by atoms with Gasteiger partial charge in [0.1, 0.15) is 0 Å². The molecule has 1 saturated carbocycles. The van der Waals surface area contributed by atoms with Crippen LogP contribution in [0.3, 0.4) is 0 Å². The summed E-state index contributed by atoms with van der Waals surface area (Å²) < 4.78 is 0. The summed E-state index contributed by atoms with van der Waals surface area (Å²) >= 11 is 0. The molecule has 1 fully saturated rings. The highest BCUT2D eigenvalue weighted by Gasteiger charge is 2.46. The van der Waals surface area contributed by atoms with Crippen LogP contribution in [0, 0.1) is 29.1 Å². The van der Waals surface area contributed by atoms with Gasteiger partial charge in [-0.25, -0.2) is 0 Å². The number of aliphatic hydroxyl groups is 1. The van der Waals surface area contributed by atoms with Crippen LogP contribution in [0.5, 0.6) is 0 Å². The van der Waals surface area contributed by atoms with Crippen molar-refractivity contribution >= 4 is 0 Å². The molecule has 0 saturated heterocycles. The van der Waals surface area contributed by atoms with Crippen molar-refractivity contribution < 1.29 is 5.11 Å². The molecule has 1 heteroatoms. The van der Waals surface area contributed by atoms with Crippen molar-refractivity contribution in [3.63, 3.8) is 0 Å². The van der Waals surface area contributed by atoms with Crippen molar-refractivity contribution in [2.75, 3.05) is 0 Å². The zero-order valence-electron chi connectivity index (χ0n) is 19.8. The number of allylic oxidation sites excluding steroid dienone is 7. The smallest absolute Gasteiger partial charge is 0.0583 e. The topological polar surface area (TPSA) is 20.2 Å². The fourth-order valence-corrected chi connectivity index (χ4v) is 6.01. The van der Waals surface area contributed by atoms with Crippen molar-refractivity contribution in [3.05, 3.63) is 46.6 Å². The standard InChI is InChI=1S/C28H44O/c1-19(2)20(3)9-10-22(5)26-15-16-27-23(8-7-17-28(26,27)6)12-13-24-18-25(29)14-11-21(24)4/h9-10,12-13,19-20,22,25-26,29H,7-8,11,14-18H2,1-6H3/t20?,22?,25?,26?,28-/m1/s1. The van der Waals surface area contributed by atoms with Crippen LogP contribution in [0.15, 0.2) is 46.6 Å². The summed E-state index contributed by atoms with van der Waals surface area (Å²) in [5, 5.41) is 10.1. The molecule has 0 aromatic rings. The summed E-state index contributed by atoms with van der Waals surface area (Å²) in [4.78, 5) is 0.